The third-order valence-electron chi connectivity index (χ3n) is 5.08. The van der Waals surface area contributed by atoms with Crippen LogP contribution in [0.2, 0.25) is 0 Å². The molecular weight excluding hydrogens is 246 g/mol. The predicted octanol–water partition coefficient (Wildman–Crippen LogP) is 2.95. The predicted molar refractivity (Wildman–Crippen MR) is 83.1 cm³/mol. The van der Waals surface area contributed by atoms with E-state index in [2.05, 4.69) is 46.5 Å². The maximum absolute atomic E-state index is 4.33. The molecule has 2 fully saturated rings. The van der Waals surface area contributed by atoms with Gasteiger partial charge in [-0.3, -0.25) is 4.98 Å². The first-order valence-electron chi connectivity index (χ1n) is 7.65. The second-order valence-corrected chi connectivity index (χ2v) is 6.12. The van der Waals surface area contributed by atoms with Gasteiger partial charge in [0.05, 0.1) is 0 Å². The van der Waals surface area contributed by atoms with E-state index in [1.807, 2.05) is 12.4 Å². The Kier molecular flexibility index (Phi) is 2.88. The molecule has 0 saturated carbocycles. The van der Waals surface area contributed by atoms with Crippen molar-refractivity contribution in [2.24, 2.45) is 0 Å². The highest BCUT2D eigenvalue weighted by molar-refractivity contribution is 5.94. The van der Waals surface area contributed by atoms with Gasteiger partial charge in [-0.05, 0) is 50.2 Å². The van der Waals surface area contributed by atoms with Gasteiger partial charge in [0.2, 0.25) is 0 Å². The summed E-state index contributed by atoms with van der Waals surface area (Å²) in [5.41, 5.74) is 1.39. The third-order valence-corrected chi connectivity index (χ3v) is 5.08. The number of hydrogen-bond donors (Lipinski definition) is 1. The maximum Gasteiger partial charge on any atom is 0.0466 e. The van der Waals surface area contributed by atoms with Crippen LogP contribution < -0.4 is 10.2 Å². The number of rotatable bonds is 2. The van der Waals surface area contributed by atoms with Crippen molar-refractivity contribution in [3.8, 4) is 0 Å². The smallest absolute Gasteiger partial charge is 0.0466 e. The van der Waals surface area contributed by atoms with Crippen LogP contribution in [0.25, 0.3) is 10.8 Å². The molecule has 104 valence electrons. The van der Waals surface area contributed by atoms with E-state index in [0.29, 0.717) is 18.1 Å². The van der Waals surface area contributed by atoms with Crippen molar-refractivity contribution in [3.05, 3.63) is 36.7 Å². The molecule has 1 aromatic carbocycles. The van der Waals surface area contributed by atoms with Crippen LogP contribution in [0.1, 0.15) is 25.7 Å². The normalized spacial score (nSPS) is 29.1. The molecule has 2 atom stereocenters. The fourth-order valence-corrected chi connectivity index (χ4v) is 4.13. The number of nitrogens with one attached hydrogen (secondary N) is 1. The van der Waals surface area contributed by atoms with Crippen LogP contribution in [-0.4, -0.2) is 30.2 Å². The van der Waals surface area contributed by atoms with Gasteiger partial charge in [0.25, 0.3) is 0 Å². The van der Waals surface area contributed by atoms with E-state index >= 15 is 0 Å². The number of nitrogens with zero attached hydrogens (tertiary/aromatic N) is 2. The zero-order valence-corrected chi connectivity index (χ0v) is 11.9. The fourth-order valence-electron chi connectivity index (χ4n) is 4.13. The minimum Gasteiger partial charge on any atom is -0.365 e. The number of anilines is 1. The van der Waals surface area contributed by atoms with Crippen LogP contribution in [0.4, 0.5) is 5.69 Å². The molecule has 2 aliphatic heterocycles. The molecule has 3 nitrogen and oxygen atoms in total. The van der Waals surface area contributed by atoms with Crippen molar-refractivity contribution in [3.63, 3.8) is 0 Å². The summed E-state index contributed by atoms with van der Waals surface area (Å²) in [6.07, 6.45) is 9.11. The second kappa shape index (κ2) is 4.74. The van der Waals surface area contributed by atoms with Crippen LogP contribution in [0.5, 0.6) is 0 Å². The largest absolute Gasteiger partial charge is 0.365 e. The lowest BCUT2D eigenvalue weighted by atomic mass is 9.96. The van der Waals surface area contributed by atoms with Crippen molar-refractivity contribution in [2.75, 3.05) is 11.9 Å². The van der Waals surface area contributed by atoms with Gasteiger partial charge < -0.3 is 10.2 Å². The summed E-state index contributed by atoms with van der Waals surface area (Å²) in [7, 11) is 2.10. The molecule has 1 aromatic heterocycles. The summed E-state index contributed by atoms with van der Waals surface area (Å²) in [4.78, 5) is 7.01. The Morgan fingerprint density at radius 1 is 1.15 bits per heavy atom. The molecule has 0 spiro atoms. The molecule has 2 aliphatic rings. The topological polar surface area (TPSA) is 28.2 Å². The Balaban J connectivity index is 1.77. The Morgan fingerprint density at radius 2 is 1.95 bits per heavy atom. The molecule has 2 saturated heterocycles. The second-order valence-electron chi connectivity index (χ2n) is 6.12. The Morgan fingerprint density at radius 3 is 2.70 bits per heavy atom. The average molecular weight is 267 g/mol. The van der Waals surface area contributed by atoms with Crippen LogP contribution in [0.3, 0.4) is 0 Å². The number of pyridine rings is 1. The average Bonchev–Trinajstić information content (AvgIpc) is 2.76. The van der Waals surface area contributed by atoms with Crippen LogP contribution in [-0.2, 0) is 0 Å². The lowest BCUT2D eigenvalue weighted by Crippen LogP contribution is -2.48. The number of aromatic nitrogens is 1. The van der Waals surface area contributed by atoms with Gasteiger partial charge in [0.15, 0.2) is 0 Å². The Hall–Kier alpha value is -1.61. The van der Waals surface area contributed by atoms with E-state index < -0.39 is 0 Å². The summed E-state index contributed by atoms with van der Waals surface area (Å²) in [6, 6.07) is 10.8. The first-order chi connectivity index (χ1) is 9.86. The highest BCUT2D eigenvalue weighted by atomic mass is 15.2. The van der Waals surface area contributed by atoms with Crippen LogP contribution in [0, 0.1) is 0 Å². The minimum absolute atomic E-state index is 0.692. The SMILES string of the molecule is CNC1CC2CCC(C1)N2c1cccc2ccncc12. The molecule has 2 aromatic rings. The maximum atomic E-state index is 4.33. The van der Waals surface area contributed by atoms with Crippen LogP contribution in [0.15, 0.2) is 36.7 Å². The van der Waals surface area contributed by atoms with Gasteiger partial charge in [-0.1, -0.05) is 12.1 Å². The Bertz CT molecular complexity index is 605. The number of hydrogen-bond acceptors (Lipinski definition) is 3. The third kappa shape index (κ3) is 1.80. The van der Waals surface area contributed by atoms with Crippen molar-refractivity contribution < 1.29 is 0 Å². The molecule has 3 heteroatoms. The van der Waals surface area contributed by atoms with Crippen LogP contribution >= 0.6 is 0 Å². The highest BCUT2D eigenvalue weighted by Crippen LogP contribution is 2.41. The Labute approximate surface area is 120 Å². The monoisotopic (exact) mass is 267 g/mol. The summed E-state index contributed by atoms with van der Waals surface area (Å²) in [5, 5.41) is 6.07. The molecule has 2 unspecified atom stereocenters. The minimum atomic E-state index is 0.692. The highest BCUT2D eigenvalue weighted by Gasteiger charge is 2.40. The first kappa shape index (κ1) is 12.2. The van der Waals surface area contributed by atoms with Gasteiger partial charge in [-0.2, -0.15) is 0 Å². The summed E-state index contributed by atoms with van der Waals surface area (Å²) in [5.74, 6) is 0. The fraction of sp³-hybridized carbons (Fsp3) is 0.471. The van der Waals surface area contributed by atoms with Gasteiger partial charge >= 0.3 is 0 Å². The summed E-state index contributed by atoms with van der Waals surface area (Å²) in [6.45, 7) is 0. The van der Waals surface area contributed by atoms with Crippen molar-refractivity contribution >= 4 is 16.5 Å². The van der Waals surface area contributed by atoms with E-state index in [-0.39, 0.29) is 0 Å². The molecule has 3 heterocycles. The molecule has 2 bridgehead atoms. The standard InChI is InChI=1S/C17H21N3/c1-18-13-9-14-5-6-15(10-13)20(14)17-4-2-3-12-7-8-19-11-16(12)17/h2-4,7-8,11,13-15,18H,5-6,9-10H2,1H3. The summed E-state index contributed by atoms with van der Waals surface area (Å²) < 4.78 is 0. The number of fused-ring (bicyclic) bond motifs is 3. The molecule has 20 heavy (non-hydrogen) atoms. The van der Waals surface area contributed by atoms with E-state index in [0.717, 1.165) is 0 Å². The van der Waals surface area contributed by atoms with E-state index in [1.165, 1.54) is 42.1 Å². The molecule has 0 amide bonds. The molecule has 0 radical (unpaired) electrons. The van der Waals surface area contributed by atoms with Gasteiger partial charge in [-0.15, -0.1) is 0 Å². The summed E-state index contributed by atoms with van der Waals surface area (Å²) >= 11 is 0. The van der Waals surface area contributed by atoms with E-state index in [4.69, 9.17) is 0 Å². The van der Waals surface area contributed by atoms with Crippen molar-refractivity contribution in [1.29, 1.82) is 0 Å². The zero-order valence-electron chi connectivity index (χ0n) is 11.9. The van der Waals surface area contributed by atoms with Crippen molar-refractivity contribution in [1.82, 2.24) is 10.3 Å². The first-order valence-corrected chi connectivity index (χ1v) is 7.65. The van der Waals surface area contributed by atoms with E-state index in [1.54, 1.807) is 0 Å². The number of benzene rings is 1. The quantitative estimate of drug-likeness (QED) is 0.906. The van der Waals surface area contributed by atoms with Gasteiger partial charge in [0.1, 0.15) is 0 Å². The molecule has 1 N–H and O–H groups in total. The molecule has 4 rings (SSSR count). The van der Waals surface area contributed by atoms with Gasteiger partial charge in [0, 0.05) is 41.6 Å². The molecular formula is C17H21N3. The number of piperidine rings is 1. The lowest BCUT2D eigenvalue weighted by Gasteiger charge is -2.41. The lowest BCUT2D eigenvalue weighted by molar-refractivity contribution is 0.374. The van der Waals surface area contributed by atoms with Gasteiger partial charge in [-0.25, -0.2) is 0 Å². The molecule has 0 aliphatic carbocycles. The van der Waals surface area contributed by atoms with E-state index in [9.17, 15) is 0 Å². The zero-order chi connectivity index (χ0) is 13.5. The van der Waals surface area contributed by atoms with Crippen molar-refractivity contribution in [2.45, 2.75) is 43.8 Å².